The lowest BCUT2D eigenvalue weighted by molar-refractivity contribution is -0.0517. The molecule has 0 atom stereocenters. The third kappa shape index (κ3) is 5.37. The number of urea groups is 1. The summed E-state index contributed by atoms with van der Waals surface area (Å²) in [6, 6.07) is 4.69. The van der Waals surface area contributed by atoms with Crippen LogP contribution in [0.1, 0.15) is 0 Å². The van der Waals surface area contributed by atoms with E-state index in [4.69, 9.17) is 9.47 Å². The van der Waals surface area contributed by atoms with Crippen LogP contribution in [0, 0.1) is 0 Å². The van der Waals surface area contributed by atoms with Crippen molar-refractivity contribution >= 4 is 22.0 Å². The highest BCUT2D eigenvalue weighted by atomic mass is 32.2. The van der Waals surface area contributed by atoms with Crippen molar-refractivity contribution in [2.24, 2.45) is 0 Å². The molecule has 27 heavy (non-hydrogen) atoms. The van der Waals surface area contributed by atoms with Crippen molar-refractivity contribution in [3.8, 4) is 17.5 Å². The van der Waals surface area contributed by atoms with Crippen molar-refractivity contribution in [1.29, 1.82) is 0 Å². The Morgan fingerprint density at radius 3 is 2.26 bits per heavy atom. The Morgan fingerprint density at radius 2 is 1.70 bits per heavy atom. The highest BCUT2D eigenvalue weighted by Gasteiger charge is 2.24. The first-order valence-electron chi connectivity index (χ1n) is 7.10. The highest BCUT2D eigenvalue weighted by molar-refractivity contribution is 7.90. The quantitative estimate of drug-likeness (QED) is 0.712. The molecule has 10 nitrogen and oxygen atoms in total. The molecule has 2 amide bonds. The fourth-order valence-electron chi connectivity index (χ4n) is 1.84. The smallest absolute Gasteiger partial charge is 0.387 e. The minimum Gasteiger partial charge on any atom is -0.481 e. The number of alkyl halides is 2. The third-order valence-electron chi connectivity index (χ3n) is 2.90. The van der Waals surface area contributed by atoms with Gasteiger partial charge in [-0.05, 0) is 12.1 Å². The van der Waals surface area contributed by atoms with Crippen molar-refractivity contribution in [3.63, 3.8) is 0 Å². The molecule has 2 rings (SSSR count). The zero-order valence-electron chi connectivity index (χ0n) is 14.0. The van der Waals surface area contributed by atoms with Gasteiger partial charge in [-0.1, -0.05) is 12.1 Å². The molecule has 0 unspecified atom stereocenters. The molecule has 146 valence electrons. The largest absolute Gasteiger partial charge is 0.481 e. The van der Waals surface area contributed by atoms with Crippen LogP contribution in [-0.2, 0) is 10.0 Å². The standard InChI is InChI=1S/C14H14F2N4O6S/c1-24-10-7-11(25-2)18-13(17-10)19-14(21)20-27(22,23)9-6-4-3-5-8(9)26-12(15)16/h3-7,12H,1-2H3,(H2,17,18,19,20,21). The van der Waals surface area contributed by atoms with Gasteiger partial charge in [0, 0.05) is 0 Å². The van der Waals surface area contributed by atoms with Crippen LogP contribution in [0.15, 0.2) is 35.2 Å². The molecule has 0 aliphatic carbocycles. The van der Waals surface area contributed by atoms with Crippen LogP contribution in [0.5, 0.6) is 17.5 Å². The first-order valence-corrected chi connectivity index (χ1v) is 8.58. The number of carbonyl (C=O) groups excluding carboxylic acids is 1. The number of amides is 2. The van der Waals surface area contributed by atoms with Crippen LogP contribution < -0.4 is 24.2 Å². The summed E-state index contributed by atoms with van der Waals surface area (Å²) in [5, 5.41) is 2.08. The molecule has 1 aromatic carbocycles. The number of sulfonamides is 1. The summed E-state index contributed by atoms with van der Waals surface area (Å²) < 4.78 is 65.0. The average molecular weight is 404 g/mol. The van der Waals surface area contributed by atoms with E-state index in [9.17, 15) is 22.0 Å². The molecule has 13 heteroatoms. The van der Waals surface area contributed by atoms with Crippen molar-refractivity contribution in [1.82, 2.24) is 14.7 Å². The first-order chi connectivity index (χ1) is 12.7. The van der Waals surface area contributed by atoms with Crippen LogP contribution >= 0.6 is 0 Å². The predicted molar refractivity (Wildman–Crippen MR) is 87.6 cm³/mol. The van der Waals surface area contributed by atoms with E-state index >= 15 is 0 Å². The number of anilines is 1. The Labute approximate surface area is 152 Å². The van der Waals surface area contributed by atoms with Gasteiger partial charge in [0.1, 0.15) is 10.6 Å². The second kappa shape index (κ2) is 8.44. The second-order valence-corrected chi connectivity index (χ2v) is 6.31. The van der Waals surface area contributed by atoms with Gasteiger partial charge >= 0.3 is 12.6 Å². The third-order valence-corrected chi connectivity index (χ3v) is 4.27. The molecule has 0 aliphatic rings. The molecule has 1 aromatic heterocycles. The van der Waals surface area contributed by atoms with E-state index in [0.29, 0.717) is 0 Å². The van der Waals surface area contributed by atoms with Crippen molar-refractivity contribution < 1.29 is 36.2 Å². The van der Waals surface area contributed by atoms with Gasteiger partial charge < -0.3 is 14.2 Å². The van der Waals surface area contributed by atoms with E-state index in [2.05, 4.69) is 20.0 Å². The van der Waals surface area contributed by atoms with E-state index in [1.54, 1.807) is 4.72 Å². The second-order valence-electron chi connectivity index (χ2n) is 4.66. The van der Waals surface area contributed by atoms with E-state index in [1.165, 1.54) is 32.4 Å². The van der Waals surface area contributed by atoms with E-state index in [0.717, 1.165) is 12.1 Å². The number of hydrogen-bond acceptors (Lipinski definition) is 8. The number of rotatable bonds is 7. The Hall–Kier alpha value is -3.22. The summed E-state index contributed by atoms with van der Waals surface area (Å²) in [7, 11) is -1.89. The van der Waals surface area contributed by atoms with Gasteiger partial charge in [0.05, 0.1) is 20.3 Å². The van der Waals surface area contributed by atoms with Crippen molar-refractivity contribution in [3.05, 3.63) is 30.3 Å². The number of hydrogen-bond donors (Lipinski definition) is 2. The minimum absolute atomic E-state index is 0.0516. The summed E-state index contributed by atoms with van der Waals surface area (Å²) in [5.41, 5.74) is 0. The summed E-state index contributed by atoms with van der Waals surface area (Å²) in [6.07, 6.45) is 0. The SMILES string of the molecule is COc1cc(OC)nc(NC(=O)NS(=O)(=O)c2ccccc2OC(F)F)n1. The molecule has 0 saturated carbocycles. The van der Waals surface area contributed by atoms with Gasteiger partial charge in [0.2, 0.25) is 17.7 Å². The molecule has 0 aliphatic heterocycles. The number of carbonyl (C=O) groups is 1. The van der Waals surface area contributed by atoms with Gasteiger partial charge in [-0.15, -0.1) is 0 Å². The minimum atomic E-state index is -4.53. The molecule has 0 spiro atoms. The Bertz CT molecular complexity index is 903. The van der Waals surface area contributed by atoms with Crippen LogP contribution in [0.2, 0.25) is 0 Å². The monoisotopic (exact) mass is 404 g/mol. The van der Waals surface area contributed by atoms with Crippen LogP contribution in [0.3, 0.4) is 0 Å². The number of aromatic nitrogens is 2. The maximum absolute atomic E-state index is 12.4. The zero-order chi connectivity index (χ0) is 20.0. The van der Waals surface area contributed by atoms with Crippen molar-refractivity contribution in [2.75, 3.05) is 19.5 Å². The Kier molecular flexibility index (Phi) is 6.28. The lowest BCUT2D eigenvalue weighted by atomic mass is 10.3. The van der Waals surface area contributed by atoms with Gasteiger partial charge in [0.15, 0.2) is 0 Å². The Balaban J connectivity index is 2.20. The summed E-state index contributed by atoms with van der Waals surface area (Å²) in [5.74, 6) is -0.825. The summed E-state index contributed by atoms with van der Waals surface area (Å²) in [6.45, 7) is -3.24. The zero-order valence-corrected chi connectivity index (χ0v) is 14.8. The molecular weight excluding hydrogens is 390 g/mol. The van der Waals surface area contributed by atoms with Gasteiger partial charge in [-0.2, -0.15) is 18.7 Å². The number of nitrogens with one attached hydrogen (secondary N) is 2. The average Bonchev–Trinajstić information content (AvgIpc) is 2.60. The van der Waals surface area contributed by atoms with Crippen LogP contribution in [0.4, 0.5) is 19.5 Å². The van der Waals surface area contributed by atoms with Gasteiger partial charge in [0.25, 0.3) is 10.0 Å². The number of nitrogens with zero attached hydrogens (tertiary/aromatic N) is 2. The molecule has 2 N–H and O–H groups in total. The fourth-order valence-corrected chi connectivity index (χ4v) is 2.88. The number of halogens is 2. The van der Waals surface area contributed by atoms with Crippen molar-refractivity contribution in [2.45, 2.75) is 11.5 Å². The molecule has 1 heterocycles. The first kappa shape index (κ1) is 20.1. The van der Waals surface area contributed by atoms with E-state index in [1.807, 2.05) is 0 Å². The van der Waals surface area contributed by atoms with E-state index in [-0.39, 0.29) is 17.7 Å². The summed E-state index contributed by atoms with van der Waals surface area (Å²) >= 11 is 0. The highest BCUT2D eigenvalue weighted by Crippen LogP contribution is 2.25. The van der Waals surface area contributed by atoms with Crippen LogP contribution in [-0.4, -0.2) is 45.2 Å². The molecule has 0 radical (unpaired) electrons. The van der Waals surface area contributed by atoms with Gasteiger partial charge in [-0.3, -0.25) is 5.32 Å². The number of ether oxygens (including phenoxy) is 3. The lowest BCUT2D eigenvalue weighted by Crippen LogP contribution is -2.35. The maximum Gasteiger partial charge on any atom is 0.387 e. The molecule has 0 fully saturated rings. The number of para-hydroxylation sites is 1. The van der Waals surface area contributed by atoms with Crippen LogP contribution in [0.25, 0.3) is 0 Å². The molecule has 2 aromatic rings. The number of benzene rings is 1. The normalized spacial score (nSPS) is 11.0. The maximum atomic E-state index is 12.4. The van der Waals surface area contributed by atoms with E-state index < -0.39 is 33.3 Å². The van der Waals surface area contributed by atoms with Gasteiger partial charge in [-0.25, -0.2) is 17.9 Å². The fraction of sp³-hybridized carbons (Fsp3) is 0.214. The Morgan fingerprint density at radius 1 is 1.11 bits per heavy atom. The number of methoxy groups -OCH3 is 2. The summed E-state index contributed by atoms with van der Waals surface area (Å²) in [4.78, 5) is 18.9. The predicted octanol–water partition coefficient (Wildman–Crippen LogP) is 1.61. The topological polar surface area (TPSA) is 129 Å². The molecule has 0 bridgehead atoms. The molecular formula is C14H14F2N4O6S. The molecule has 0 saturated heterocycles. The lowest BCUT2D eigenvalue weighted by Gasteiger charge is -2.12.